The van der Waals surface area contributed by atoms with Crippen LogP contribution in [0.2, 0.25) is 5.02 Å². The molecule has 3 rings (SSSR count). The molecule has 0 aromatic heterocycles. The number of alkyl halides is 3. The van der Waals surface area contributed by atoms with Crippen LogP contribution in [0.15, 0.2) is 18.2 Å². The highest BCUT2D eigenvalue weighted by Crippen LogP contribution is 2.52. The number of nitrogens with one attached hydrogen (secondary N) is 1. The van der Waals surface area contributed by atoms with E-state index in [9.17, 15) is 22.8 Å². The number of carbonyl (C=O) groups is 2. The Morgan fingerprint density at radius 1 is 1.21 bits per heavy atom. The van der Waals surface area contributed by atoms with E-state index in [2.05, 4.69) is 5.32 Å². The maximum atomic E-state index is 12.9. The van der Waals surface area contributed by atoms with Crippen molar-refractivity contribution in [1.82, 2.24) is 5.32 Å². The standard InChI is InChI=1S/C16H15ClF3NO3/c17-11-2-1-9(16(18,19)20)7-10(11)15(5-6-15)12(22)21-8-14(3-4-14)13(23)24/h1-2,7H,3-6,8H2,(H,21,22)(H,23,24). The molecule has 1 amide bonds. The third-order valence-corrected chi connectivity index (χ3v) is 5.22. The van der Waals surface area contributed by atoms with Crippen molar-refractivity contribution in [3.8, 4) is 0 Å². The minimum atomic E-state index is -4.52. The number of carboxylic acid groups (broad SMARTS) is 1. The summed E-state index contributed by atoms with van der Waals surface area (Å²) in [6, 6.07) is 2.94. The second-order valence-electron chi connectivity index (χ2n) is 6.54. The van der Waals surface area contributed by atoms with Gasteiger partial charge in [-0.2, -0.15) is 13.2 Å². The van der Waals surface area contributed by atoms with Crippen LogP contribution in [-0.4, -0.2) is 23.5 Å². The Kier molecular flexibility index (Phi) is 3.82. The van der Waals surface area contributed by atoms with Gasteiger partial charge in [-0.1, -0.05) is 11.6 Å². The first-order valence-corrected chi connectivity index (χ1v) is 7.88. The molecule has 2 N–H and O–H groups in total. The van der Waals surface area contributed by atoms with Crippen LogP contribution < -0.4 is 5.32 Å². The van der Waals surface area contributed by atoms with Crippen LogP contribution in [0.5, 0.6) is 0 Å². The molecule has 2 aliphatic rings. The van der Waals surface area contributed by atoms with Gasteiger partial charge in [0.1, 0.15) is 0 Å². The average Bonchev–Trinajstić information content (AvgIpc) is 3.38. The normalized spacial score (nSPS) is 20.3. The molecular formula is C16H15ClF3NO3. The molecule has 0 saturated heterocycles. The zero-order chi connectivity index (χ0) is 17.8. The van der Waals surface area contributed by atoms with Gasteiger partial charge in [-0.05, 0) is 49.4 Å². The number of rotatable bonds is 5. The van der Waals surface area contributed by atoms with Gasteiger partial charge in [0.15, 0.2) is 0 Å². The molecule has 130 valence electrons. The SMILES string of the molecule is O=C(O)C1(CNC(=O)C2(c3cc(C(F)(F)F)ccc3Cl)CC2)CC1. The smallest absolute Gasteiger partial charge is 0.416 e. The first-order valence-electron chi connectivity index (χ1n) is 7.50. The number of carbonyl (C=O) groups excluding carboxylic acids is 1. The van der Waals surface area contributed by atoms with Crippen molar-refractivity contribution in [1.29, 1.82) is 0 Å². The number of halogens is 4. The lowest BCUT2D eigenvalue weighted by molar-refractivity contribution is -0.143. The summed E-state index contributed by atoms with van der Waals surface area (Å²) in [5.41, 5.74) is -2.72. The van der Waals surface area contributed by atoms with Crippen molar-refractivity contribution in [3.05, 3.63) is 34.3 Å². The fourth-order valence-corrected chi connectivity index (χ4v) is 3.15. The summed E-state index contributed by atoms with van der Waals surface area (Å²) in [7, 11) is 0. The summed E-state index contributed by atoms with van der Waals surface area (Å²) in [5, 5.41) is 11.8. The number of benzene rings is 1. The minimum absolute atomic E-state index is 0.0144. The Morgan fingerprint density at radius 2 is 1.83 bits per heavy atom. The van der Waals surface area contributed by atoms with Crippen molar-refractivity contribution in [3.63, 3.8) is 0 Å². The summed E-state index contributed by atoms with van der Waals surface area (Å²) >= 11 is 6.03. The molecule has 1 aromatic carbocycles. The first kappa shape index (κ1) is 17.1. The van der Waals surface area contributed by atoms with Crippen molar-refractivity contribution < 1.29 is 27.9 Å². The predicted molar refractivity (Wildman–Crippen MR) is 79.7 cm³/mol. The largest absolute Gasteiger partial charge is 0.481 e. The maximum absolute atomic E-state index is 12.9. The highest BCUT2D eigenvalue weighted by molar-refractivity contribution is 6.32. The molecule has 0 radical (unpaired) electrons. The minimum Gasteiger partial charge on any atom is -0.481 e. The van der Waals surface area contributed by atoms with E-state index in [1.807, 2.05) is 0 Å². The molecule has 0 atom stereocenters. The summed E-state index contributed by atoms with van der Waals surface area (Å²) in [5.74, 6) is -1.43. The van der Waals surface area contributed by atoms with E-state index >= 15 is 0 Å². The van der Waals surface area contributed by atoms with Gasteiger partial charge < -0.3 is 10.4 Å². The molecule has 24 heavy (non-hydrogen) atoms. The number of aliphatic carboxylic acids is 1. The van der Waals surface area contributed by atoms with Crippen LogP contribution in [0.4, 0.5) is 13.2 Å². The van der Waals surface area contributed by atoms with Gasteiger partial charge >= 0.3 is 12.1 Å². The molecule has 4 nitrogen and oxygen atoms in total. The molecule has 1 aromatic rings. The zero-order valence-electron chi connectivity index (χ0n) is 12.5. The van der Waals surface area contributed by atoms with Crippen molar-refractivity contribution >= 4 is 23.5 Å². The van der Waals surface area contributed by atoms with Crippen LogP contribution in [0, 0.1) is 5.41 Å². The van der Waals surface area contributed by atoms with Crippen molar-refractivity contribution in [2.75, 3.05) is 6.54 Å². The summed E-state index contributed by atoms with van der Waals surface area (Å²) < 4.78 is 38.7. The topological polar surface area (TPSA) is 66.4 Å². The quantitative estimate of drug-likeness (QED) is 0.845. The maximum Gasteiger partial charge on any atom is 0.416 e. The number of carboxylic acids is 1. The van der Waals surface area contributed by atoms with Gasteiger partial charge in [-0.3, -0.25) is 9.59 Å². The lowest BCUT2D eigenvalue weighted by Crippen LogP contribution is -2.40. The van der Waals surface area contributed by atoms with Crippen molar-refractivity contribution in [2.45, 2.75) is 37.3 Å². The predicted octanol–water partition coefficient (Wildman–Crippen LogP) is 3.37. The number of hydrogen-bond acceptors (Lipinski definition) is 2. The highest BCUT2D eigenvalue weighted by atomic mass is 35.5. The Morgan fingerprint density at radius 3 is 2.29 bits per heavy atom. The van der Waals surface area contributed by atoms with E-state index in [0.717, 1.165) is 18.2 Å². The fourth-order valence-electron chi connectivity index (χ4n) is 2.85. The average molecular weight is 362 g/mol. The molecule has 0 aliphatic heterocycles. The van der Waals surface area contributed by atoms with Gasteiger partial charge in [-0.15, -0.1) is 0 Å². The van der Waals surface area contributed by atoms with Gasteiger partial charge in [0.05, 0.1) is 16.4 Å². The van der Waals surface area contributed by atoms with Crippen LogP contribution in [-0.2, 0) is 21.2 Å². The van der Waals surface area contributed by atoms with Gasteiger partial charge in [0.25, 0.3) is 0 Å². The summed E-state index contributed by atoms with van der Waals surface area (Å²) in [6.07, 6.45) is -2.77. The lowest BCUT2D eigenvalue weighted by atomic mass is 9.92. The second-order valence-corrected chi connectivity index (χ2v) is 6.95. The van der Waals surface area contributed by atoms with E-state index in [4.69, 9.17) is 16.7 Å². The molecule has 2 aliphatic carbocycles. The summed E-state index contributed by atoms with van der Waals surface area (Å²) in [4.78, 5) is 23.6. The Labute approximate surface area is 141 Å². The lowest BCUT2D eigenvalue weighted by Gasteiger charge is -2.20. The molecule has 0 unspecified atom stereocenters. The van der Waals surface area contributed by atoms with E-state index in [0.29, 0.717) is 25.7 Å². The molecule has 2 fully saturated rings. The van der Waals surface area contributed by atoms with Gasteiger partial charge in [-0.25, -0.2) is 0 Å². The molecule has 8 heteroatoms. The molecule has 0 spiro atoms. The molecule has 0 heterocycles. The first-order chi connectivity index (χ1) is 11.1. The second kappa shape index (κ2) is 5.37. The van der Waals surface area contributed by atoms with Gasteiger partial charge in [0, 0.05) is 11.6 Å². The molecular weight excluding hydrogens is 347 g/mol. The number of hydrogen-bond donors (Lipinski definition) is 2. The molecule has 0 bridgehead atoms. The van der Waals surface area contributed by atoms with Crippen LogP contribution in [0.1, 0.15) is 36.8 Å². The van der Waals surface area contributed by atoms with E-state index in [-0.39, 0.29) is 17.1 Å². The zero-order valence-corrected chi connectivity index (χ0v) is 13.3. The van der Waals surface area contributed by atoms with Crippen LogP contribution in [0.3, 0.4) is 0 Å². The molecule has 2 saturated carbocycles. The number of amides is 1. The third-order valence-electron chi connectivity index (χ3n) is 4.89. The third kappa shape index (κ3) is 2.85. The van der Waals surface area contributed by atoms with Gasteiger partial charge in [0.2, 0.25) is 5.91 Å². The fraction of sp³-hybridized carbons (Fsp3) is 0.500. The Balaban J connectivity index is 1.81. The highest BCUT2D eigenvalue weighted by Gasteiger charge is 2.55. The van der Waals surface area contributed by atoms with Crippen LogP contribution >= 0.6 is 11.6 Å². The Bertz CT molecular complexity index is 709. The van der Waals surface area contributed by atoms with E-state index in [1.165, 1.54) is 0 Å². The Hall–Kier alpha value is -1.76. The summed E-state index contributed by atoms with van der Waals surface area (Å²) in [6.45, 7) is -0.0144. The van der Waals surface area contributed by atoms with E-state index in [1.54, 1.807) is 0 Å². The van der Waals surface area contributed by atoms with E-state index < -0.39 is 34.4 Å². The van der Waals surface area contributed by atoms with Crippen LogP contribution in [0.25, 0.3) is 0 Å². The van der Waals surface area contributed by atoms with Crippen molar-refractivity contribution in [2.24, 2.45) is 5.41 Å². The monoisotopic (exact) mass is 361 g/mol.